The van der Waals surface area contributed by atoms with Crippen molar-refractivity contribution < 1.29 is 0 Å². The number of nitrogens with two attached hydrogens (primary N) is 1. The largest absolute Gasteiger partial charge is 0.384 e. The molecule has 100 valence electrons. The van der Waals surface area contributed by atoms with Gasteiger partial charge in [0.15, 0.2) is 0 Å². The number of rotatable bonds is 2. The van der Waals surface area contributed by atoms with E-state index in [0.29, 0.717) is 22.8 Å². The molecule has 2 N–H and O–H groups in total. The van der Waals surface area contributed by atoms with Gasteiger partial charge < -0.3 is 5.73 Å². The first kappa shape index (κ1) is 13.6. The van der Waals surface area contributed by atoms with E-state index in [0.717, 1.165) is 24.7 Å². The van der Waals surface area contributed by atoms with Gasteiger partial charge in [0.05, 0.1) is 10.7 Å². The molecule has 2 heterocycles. The number of halogens is 1. The maximum absolute atomic E-state index is 6.19. The van der Waals surface area contributed by atoms with Crippen molar-refractivity contribution >= 4 is 17.4 Å². The molecule has 1 aliphatic heterocycles. The van der Waals surface area contributed by atoms with Gasteiger partial charge in [-0.3, -0.25) is 4.90 Å². The molecule has 0 aliphatic carbocycles. The van der Waals surface area contributed by atoms with E-state index in [1.54, 1.807) is 6.07 Å². The second kappa shape index (κ2) is 5.45. The zero-order chi connectivity index (χ0) is 13.3. The molecule has 1 aromatic heterocycles. The predicted octanol–water partition coefficient (Wildman–Crippen LogP) is 3.18. The fraction of sp³-hybridized carbons (Fsp3) is 0.643. The highest BCUT2D eigenvalue weighted by Gasteiger charge is 2.29. The molecular formula is C14H22ClN3. The third-order valence-corrected chi connectivity index (χ3v) is 4.36. The van der Waals surface area contributed by atoms with E-state index >= 15 is 0 Å². The van der Waals surface area contributed by atoms with Crippen LogP contribution in [0.2, 0.25) is 5.02 Å². The van der Waals surface area contributed by atoms with E-state index in [1.165, 1.54) is 6.42 Å². The number of piperidine rings is 1. The number of anilines is 1. The highest BCUT2D eigenvalue weighted by atomic mass is 35.5. The Morgan fingerprint density at radius 3 is 2.83 bits per heavy atom. The topological polar surface area (TPSA) is 42.2 Å². The van der Waals surface area contributed by atoms with Crippen LogP contribution >= 0.6 is 11.6 Å². The van der Waals surface area contributed by atoms with E-state index in [9.17, 15) is 0 Å². The maximum atomic E-state index is 6.19. The Bertz CT molecular complexity index is 422. The van der Waals surface area contributed by atoms with E-state index in [4.69, 9.17) is 17.3 Å². The Balaban J connectivity index is 2.14. The van der Waals surface area contributed by atoms with Gasteiger partial charge in [0.2, 0.25) is 0 Å². The van der Waals surface area contributed by atoms with Gasteiger partial charge in [0.25, 0.3) is 0 Å². The van der Waals surface area contributed by atoms with Gasteiger partial charge in [-0.2, -0.15) is 0 Å². The van der Waals surface area contributed by atoms with E-state index in [1.807, 2.05) is 6.07 Å². The lowest BCUT2D eigenvalue weighted by molar-refractivity contribution is 0.0719. The minimum Gasteiger partial charge on any atom is -0.384 e. The monoisotopic (exact) mass is 267 g/mol. The summed E-state index contributed by atoms with van der Waals surface area (Å²) >= 11 is 6.19. The molecule has 4 heteroatoms. The van der Waals surface area contributed by atoms with E-state index in [2.05, 4.69) is 30.7 Å². The molecule has 0 aromatic carbocycles. The Morgan fingerprint density at radius 1 is 1.39 bits per heavy atom. The molecule has 3 unspecified atom stereocenters. The van der Waals surface area contributed by atoms with Crippen LogP contribution in [-0.4, -0.2) is 22.5 Å². The van der Waals surface area contributed by atoms with Crippen LogP contribution in [0.1, 0.15) is 32.9 Å². The van der Waals surface area contributed by atoms with Crippen LogP contribution in [0.15, 0.2) is 12.1 Å². The summed E-state index contributed by atoms with van der Waals surface area (Å²) in [6, 6.07) is 4.15. The van der Waals surface area contributed by atoms with Gasteiger partial charge in [-0.05, 0) is 37.3 Å². The minimum absolute atomic E-state index is 0.542. The quantitative estimate of drug-likeness (QED) is 0.895. The molecule has 1 fully saturated rings. The number of likely N-dealkylation sites (tertiary alicyclic amines) is 1. The molecule has 0 bridgehead atoms. The van der Waals surface area contributed by atoms with Crippen molar-refractivity contribution in [1.29, 1.82) is 0 Å². The Kier molecular flexibility index (Phi) is 4.13. The molecule has 0 saturated carbocycles. The summed E-state index contributed by atoms with van der Waals surface area (Å²) in [7, 11) is 0. The van der Waals surface area contributed by atoms with Crippen molar-refractivity contribution in [3.8, 4) is 0 Å². The Labute approximate surface area is 114 Å². The second-order valence-electron chi connectivity index (χ2n) is 5.65. The summed E-state index contributed by atoms with van der Waals surface area (Å²) in [5.74, 6) is 1.99. The van der Waals surface area contributed by atoms with E-state index < -0.39 is 0 Å². The fourth-order valence-corrected chi connectivity index (χ4v) is 3.01. The lowest BCUT2D eigenvalue weighted by Gasteiger charge is -2.41. The summed E-state index contributed by atoms with van der Waals surface area (Å²) in [6.07, 6.45) is 1.30. The predicted molar refractivity (Wildman–Crippen MR) is 76.5 cm³/mol. The van der Waals surface area contributed by atoms with Gasteiger partial charge in [-0.25, -0.2) is 4.98 Å². The van der Waals surface area contributed by atoms with Gasteiger partial charge >= 0.3 is 0 Å². The summed E-state index contributed by atoms with van der Waals surface area (Å²) in [5, 5.41) is 0.710. The molecule has 0 radical (unpaired) electrons. The summed E-state index contributed by atoms with van der Waals surface area (Å²) < 4.78 is 0. The number of hydrogen-bond donors (Lipinski definition) is 1. The van der Waals surface area contributed by atoms with Crippen LogP contribution in [-0.2, 0) is 6.54 Å². The van der Waals surface area contributed by atoms with Crippen molar-refractivity contribution in [3.05, 3.63) is 22.8 Å². The lowest BCUT2D eigenvalue weighted by Crippen LogP contribution is -2.45. The zero-order valence-corrected chi connectivity index (χ0v) is 12.1. The molecule has 1 saturated heterocycles. The molecule has 1 aliphatic rings. The van der Waals surface area contributed by atoms with Crippen LogP contribution in [0.4, 0.5) is 5.82 Å². The standard InChI is InChI=1S/C14H22ClN3/c1-9-6-10(2)11(3)18(7-9)8-13-12(15)4-5-14(16)17-13/h4-5,9-11H,6-8H2,1-3H3,(H2,16,17). The minimum atomic E-state index is 0.542. The van der Waals surface area contributed by atoms with Crippen molar-refractivity contribution in [1.82, 2.24) is 9.88 Å². The van der Waals surface area contributed by atoms with Gasteiger partial charge in [-0.15, -0.1) is 0 Å². The highest BCUT2D eigenvalue weighted by molar-refractivity contribution is 6.31. The third-order valence-electron chi connectivity index (χ3n) is 4.01. The highest BCUT2D eigenvalue weighted by Crippen LogP contribution is 2.29. The van der Waals surface area contributed by atoms with Crippen molar-refractivity contribution in [2.45, 2.75) is 39.8 Å². The molecular weight excluding hydrogens is 246 g/mol. The zero-order valence-electron chi connectivity index (χ0n) is 11.4. The average Bonchev–Trinajstić information content (AvgIpc) is 2.30. The number of pyridine rings is 1. The first-order valence-electron chi connectivity index (χ1n) is 6.62. The summed E-state index contributed by atoms with van der Waals surface area (Å²) in [6.45, 7) is 8.82. The van der Waals surface area contributed by atoms with Gasteiger partial charge in [0, 0.05) is 19.1 Å². The number of nitrogens with zero attached hydrogens (tertiary/aromatic N) is 2. The maximum Gasteiger partial charge on any atom is 0.123 e. The molecule has 3 atom stereocenters. The number of hydrogen-bond acceptors (Lipinski definition) is 3. The molecule has 1 aromatic rings. The Hall–Kier alpha value is -0.800. The molecule has 0 amide bonds. The summed E-state index contributed by atoms with van der Waals surface area (Å²) in [5.41, 5.74) is 6.63. The summed E-state index contributed by atoms with van der Waals surface area (Å²) in [4.78, 5) is 6.82. The van der Waals surface area contributed by atoms with Gasteiger partial charge in [-0.1, -0.05) is 25.4 Å². The van der Waals surface area contributed by atoms with Crippen molar-refractivity contribution in [2.24, 2.45) is 11.8 Å². The van der Waals surface area contributed by atoms with Crippen LogP contribution in [0.3, 0.4) is 0 Å². The molecule has 3 nitrogen and oxygen atoms in total. The fourth-order valence-electron chi connectivity index (χ4n) is 2.85. The van der Waals surface area contributed by atoms with Crippen LogP contribution in [0.5, 0.6) is 0 Å². The SMILES string of the molecule is CC1CC(C)C(C)N(Cc2nc(N)ccc2Cl)C1. The lowest BCUT2D eigenvalue weighted by atomic mass is 9.86. The third kappa shape index (κ3) is 2.96. The second-order valence-corrected chi connectivity index (χ2v) is 6.06. The average molecular weight is 268 g/mol. The number of aromatic nitrogens is 1. The first-order valence-corrected chi connectivity index (χ1v) is 7.00. The first-order chi connectivity index (χ1) is 8.47. The van der Waals surface area contributed by atoms with Crippen LogP contribution in [0.25, 0.3) is 0 Å². The van der Waals surface area contributed by atoms with E-state index in [-0.39, 0.29) is 0 Å². The van der Waals surface area contributed by atoms with Gasteiger partial charge in [0.1, 0.15) is 5.82 Å². The van der Waals surface area contributed by atoms with Crippen LogP contribution in [0, 0.1) is 11.8 Å². The van der Waals surface area contributed by atoms with Crippen molar-refractivity contribution in [2.75, 3.05) is 12.3 Å². The normalized spacial score (nSPS) is 29.4. The Morgan fingerprint density at radius 2 is 2.11 bits per heavy atom. The smallest absolute Gasteiger partial charge is 0.123 e. The molecule has 0 spiro atoms. The van der Waals surface area contributed by atoms with Crippen molar-refractivity contribution in [3.63, 3.8) is 0 Å². The molecule has 18 heavy (non-hydrogen) atoms. The molecule has 2 rings (SSSR count). The number of nitrogen functional groups attached to an aromatic ring is 1. The van der Waals surface area contributed by atoms with Crippen LogP contribution < -0.4 is 5.73 Å².